The lowest BCUT2D eigenvalue weighted by Gasteiger charge is -2.28. The van der Waals surface area contributed by atoms with Gasteiger partial charge in [0.15, 0.2) is 0 Å². The van der Waals surface area contributed by atoms with Crippen LogP contribution in [0.1, 0.15) is 4.88 Å². The van der Waals surface area contributed by atoms with Crippen LogP contribution in [-0.2, 0) is 6.54 Å². The van der Waals surface area contributed by atoms with Gasteiger partial charge in [0.2, 0.25) is 0 Å². The van der Waals surface area contributed by atoms with Crippen molar-refractivity contribution in [2.24, 2.45) is 0 Å². The van der Waals surface area contributed by atoms with E-state index in [2.05, 4.69) is 50.2 Å². The molecular formula is C12H20BrN3S. The number of hydrogen-bond acceptors (Lipinski definition) is 4. The van der Waals surface area contributed by atoms with E-state index in [4.69, 9.17) is 0 Å². The molecule has 96 valence electrons. The summed E-state index contributed by atoms with van der Waals surface area (Å²) in [5, 5.41) is 3.39. The van der Waals surface area contributed by atoms with Crippen molar-refractivity contribution in [2.45, 2.75) is 6.54 Å². The molecule has 1 aliphatic rings. The highest BCUT2D eigenvalue weighted by molar-refractivity contribution is 9.11. The zero-order valence-electron chi connectivity index (χ0n) is 10.3. The molecule has 0 unspecified atom stereocenters. The Morgan fingerprint density at radius 3 is 2.82 bits per heavy atom. The van der Waals surface area contributed by atoms with E-state index in [0.717, 1.165) is 26.2 Å². The van der Waals surface area contributed by atoms with Crippen molar-refractivity contribution in [3.05, 3.63) is 20.8 Å². The lowest BCUT2D eigenvalue weighted by Crippen LogP contribution is -2.45. The SMILES string of the molecule is CN(CCN1CCNCC1)Cc1ccc(Br)s1. The second kappa shape index (κ2) is 6.85. The fraction of sp³-hybridized carbons (Fsp3) is 0.667. The second-order valence-corrected chi connectivity index (χ2v) is 7.08. The summed E-state index contributed by atoms with van der Waals surface area (Å²) in [6.45, 7) is 8.06. The Labute approximate surface area is 116 Å². The maximum absolute atomic E-state index is 3.51. The zero-order chi connectivity index (χ0) is 12.1. The van der Waals surface area contributed by atoms with Gasteiger partial charge in [0.1, 0.15) is 0 Å². The predicted molar refractivity (Wildman–Crippen MR) is 77.7 cm³/mol. The van der Waals surface area contributed by atoms with Crippen LogP contribution >= 0.6 is 27.3 Å². The fourth-order valence-corrected chi connectivity index (χ4v) is 3.59. The van der Waals surface area contributed by atoms with E-state index in [1.807, 2.05) is 11.3 Å². The first-order chi connectivity index (χ1) is 8.24. The Morgan fingerprint density at radius 2 is 2.18 bits per heavy atom. The number of halogens is 1. The van der Waals surface area contributed by atoms with Gasteiger partial charge in [0.05, 0.1) is 3.79 Å². The summed E-state index contributed by atoms with van der Waals surface area (Å²) < 4.78 is 1.23. The van der Waals surface area contributed by atoms with Crippen LogP contribution in [0.5, 0.6) is 0 Å². The standard InChI is InChI=1S/C12H20BrN3S/c1-15(10-11-2-3-12(13)17-11)8-9-16-6-4-14-5-7-16/h2-3,14H,4-10H2,1H3. The normalized spacial score (nSPS) is 17.8. The first-order valence-electron chi connectivity index (χ1n) is 6.10. The molecule has 0 radical (unpaired) electrons. The molecule has 0 aromatic carbocycles. The molecule has 0 aliphatic carbocycles. The predicted octanol–water partition coefficient (Wildman–Crippen LogP) is 1.85. The van der Waals surface area contributed by atoms with Gasteiger partial charge in [-0.3, -0.25) is 4.90 Å². The third kappa shape index (κ3) is 4.67. The minimum Gasteiger partial charge on any atom is -0.314 e. The summed E-state index contributed by atoms with van der Waals surface area (Å²) in [7, 11) is 2.20. The summed E-state index contributed by atoms with van der Waals surface area (Å²) in [5.74, 6) is 0. The van der Waals surface area contributed by atoms with Gasteiger partial charge in [-0.05, 0) is 35.1 Å². The van der Waals surface area contributed by atoms with Crippen molar-refractivity contribution in [2.75, 3.05) is 46.3 Å². The molecule has 1 N–H and O–H groups in total. The van der Waals surface area contributed by atoms with E-state index < -0.39 is 0 Å². The molecule has 0 bridgehead atoms. The summed E-state index contributed by atoms with van der Waals surface area (Å²) in [6.07, 6.45) is 0. The van der Waals surface area contributed by atoms with E-state index >= 15 is 0 Å². The van der Waals surface area contributed by atoms with Gasteiger partial charge < -0.3 is 10.2 Å². The summed E-state index contributed by atoms with van der Waals surface area (Å²) in [5.41, 5.74) is 0. The Balaban J connectivity index is 1.68. The number of thiophene rings is 1. The number of rotatable bonds is 5. The first kappa shape index (κ1) is 13.5. The lowest BCUT2D eigenvalue weighted by atomic mass is 10.3. The van der Waals surface area contributed by atoms with Crippen LogP contribution in [-0.4, -0.2) is 56.1 Å². The molecule has 0 amide bonds. The number of likely N-dealkylation sites (N-methyl/N-ethyl adjacent to an activating group) is 1. The van der Waals surface area contributed by atoms with Crippen LogP contribution in [0.2, 0.25) is 0 Å². The highest BCUT2D eigenvalue weighted by atomic mass is 79.9. The molecule has 0 atom stereocenters. The van der Waals surface area contributed by atoms with E-state index in [1.165, 1.54) is 28.3 Å². The van der Waals surface area contributed by atoms with Crippen molar-refractivity contribution >= 4 is 27.3 Å². The third-order valence-corrected chi connectivity index (χ3v) is 4.67. The third-order valence-electron chi connectivity index (χ3n) is 3.06. The molecule has 2 heterocycles. The van der Waals surface area contributed by atoms with E-state index in [1.54, 1.807) is 0 Å². The molecule has 0 spiro atoms. The maximum atomic E-state index is 3.51. The molecule has 5 heteroatoms. The van der Waals surface area contributed by atoms with E-state index in [0.29, 0.717) is 0 Å². The smallest absolute Gasteiger partial charge is 0.0701 e. The average Bonchev–Trinajstić information content (AvgIpc) is 2.73. The zero-order valence-corrected chi connectivity index (χ0v) is 12.7. The molecule has 1 aromatic rings. The van der Waals surface area contributed by atoms with Gasteiger partial charge in [0.25, 0.3) is 0 Å². The Hall–Kier alpha value is 0.0600. The molecule has 1 saturated heterocycles. The van der Waals surface area contributed by atoms with Gasteiger partial charge in [-0.2, -0.15) is 0 Å². The number of nitrogens with zero attached hydrogens (tertiary/aromatic N) is 2. The number of piperazine rings is 1. The van der Waals surface area contributed by atoms with Crippen LogP contribution in [0, 0.1) is 0 Å². The van der Waals surface area contributed by atoms with Crippen LogP contribution in [0.25, 0.3) is 0 Å². The van der Waals surface area contributed by atoms with Crippen molar-refractivity contribution < 1.29 is 0 Å². The Morgan fingerprint density at radius 1 is 1.41 bits per heavy atom. The molecule has 1 aromatic heterocycles. The van der Waals surface area contributed by atoms with E-state index in [9.17, 15) is 0 Å². The van der Waals surface area contributed by atoms with Crippen LogP contribution in [0.4, 0.5) is 0 Å². The molecule has 3 nitrogen and oxygen atoms in total. The van der Waals surface area contributed by atoms with Gasteiger partial charge in [-0.1, -0.05) is 0 Å². The number of hydrogen-bond donors (Lipinski definition) is 1. The van der Waals surface area contributed by atoms with Crippen molar-refractivity contribution in [3.63, 3.8) is 0 Å². The molecule has 2 rings (SSSR count). The van der Waals surface area contributed by atoms with Crippen LogP contribution in [0.3, 0.4) is 0 Å². The average molecular weight is 318 g/mol. The molecular weight excluding hydrogens is 298 g/mol. The van der Waals surface area contributed by atoms with Crippen molar-refractivity contribution in [1.29, 1.82) is 0 Å². The minimum atomic E-state index is 1.06. The van der Waals surface area contributed by atoms with Crippen LogP contribution < -0.4 is 5.32 Å². The highest BCUT2D eigenvalue weighted by Gasteiger charge is 2.10. The highest BCUT2D eigenvalue weighted by Crippen LogP contribution is 2.22. The molecule has 0 saturated carbocycles. The Kier molecular flexibility index (Phi) is 5.44. The van der Waals surface area contributed by atoms with Gasteiger partial charge in [-0.25, -0.2) is 0 Å². The van der Waals surface area contributed by atoms with Crippen LogP contribution in [0.15, 0.2) is 15.9 Å². The first-order valence-corrected chi connectivity index (χ1v) is 7.71. The topological polar surface area (TPSA) is 18.5 Å². The maximum Gasteiger partial charge on any atom is 0.0701 e. The summed E-state index contributed by atoms with van der Waals surface area (Å²) in [6, 6.07) is 4.33. The van der Waals surface area contributed by atoms with Gasteiger partial charge >= 0.3 is 0 Å². The summed E-state index contributed by atoms with van der Waals surface area (Å²) in [4.78, 5) is 6.37. The molecule has 1 fully saturated rings. The Bertz CT molecular complexity index is 336. The van der Waals surface area contributed by atoms with Gasteiger partial charge in [-0.15, -0.1) is 11.3 Å². The number of nitrogens with one attached hydrogen (secondary N) is 1. The summed E-state index contributed by atoms with van der Waals surface area (Å²) >= 11 is 5.34. The second-order valence-electron chi connectivity index (χ2n) is 4.54. The monoisotopic (exact) mass is 317 g/mol. The van der Waals surface area contributed by atoms with Crippen molar-refractivity contribution in [3.8, 4) is 0 Å². The molecule has 17 heavy (non-hydrogen) atoms. The van der Waals surface area contributed by atoms with E-state index in [-0.39, 0.29) is 0 Å². The lowest BCUT2D eigenvalue weighted by molar-refractivity contribution is 0.203. The quantitative estimate of drug-likeness (QED) is 0.894. The largest absolute Gasteiger partial charge is 0.314 e. The molecule has 1 aliphatic heterocycles. The van der Waals surface area contributed by atoms with Gasteiger partial charge in [0, 0.05) is 50.7 Å². The minimum absolute atomic E-state index is 1.06. The fourth-order valence-electron chi connectivity index (χ4n) is 2.03. The van der Waals surface area contributed by atoms with Crippen molar-refractivity contribution in [1.82, 2.24) is 15.1 Å².